The van der Waals surface area contributed by atoms with Gasteiger partial charge in [-0.1, -0.05) is 99.6 Å². The van der Waals surface area contributed by atoms with Gasteiger partial charge in [-0.05, 0) is 57.8 Å². The highest BCUT2D eigenvalue weighted by Gasteiger charge is 2.23. The molecule has 0 aliphatic rings. The van der Waals surface area contributed by atoms with Crippen molar-refractivity contribution in [3.05, 3.63) is 72.9 Å². The molecule has 2 N–H and O–H groups in total. The lowest BCUT2D eigenvalue weighted by Crippen LogP contribution is -2.45. The maximum atomic E-state index is 12.6. The third-order valence-electron chi connectivity index (χ3n) is 6.41. The van der Waals surface area contributed by atoms with Crippen LogP contribution in [0.1, 0.15) is 90.9 Å². The molecule has 0 bridgehead atoms. The van der Waals surface area contributed by atoms with Crippen LogP contribution in [0.4, 0.5) is 0 Å². The smallest absolute Gasteiger partial charge is 0.268 e. The molecule has 0 aliphatic heterocycles. The van der Waals surface area contributed by atoms with E-state index in [0.29, 0.717) is 17.4 Å². The molecule has 0 aromatic rings. The van der Waals surface area contributed by atoms with E-state index in [4.69, 9.17) is 9.05 Å². The predicted octanol–water partition coefficient (Wildman–Crippen LogP) is 7.10. The Morgan fingerprint density at radius 1 is 0.818 bits per heavy atom. The number of unbranched alkanes of at least 4 members (excludes halogenated alkanes) is 4. The number of rotatable bonds is 27. The maximum absolute atomic E-state index is 12.6. The first-order valence-electron chi connectivity index (χ1n) is 16.3. The summed E-state index contributed by atoms with van der Waals surface area (Å²) < 4.78 is 22.9. The first-order chi connectivity index (χ1) is 21.0. The van der Waals surface area contributed by atoms with Gasteiger partial charge in [0.25, 0.3) is 7.82 Å². The zero-order valence-corrected chi connectivity index (χ0v) is 29.0. The van der Waals surface area contributed by atoms with Crippen LogP contribution in [0, 0.1) is 0 Å². The maximum Gasteiger partial charge on any atom is 0.268 e. The third kappa shape index (κ3) is 28.7. The number of likely N-dealkylation sites (N-methyl/N-ethyl adjacent to an activating group) is 1. The summed E-state index contributed by atoms with van der Waals surface area (Å²) in [6.07, 6.45) is 34.1. The largest absolute Gasteiger partial charge is 0.756 e. The van der Waals surface area contributed by atoms with Crippen LogP contribution in [-0.2, 0) is 18.4 Å². The van der Waals surface area contributed by atoms with Gasteiger partial charge in [-0.2, -0.15) is 0 Å². The normalized spacial score (nSPS) is 15.9. The summed E-state index contributed by atoms with van der Waals surface area (Å²) >= 11 is 0. The van der Waals surface area contributed by atoms with Gasteiger partial charge in [-0.3, -0.25) is 9.36 Å². The van der Waals surface area contributed by atoms with Crippen LogP contribution in [0.3, 0.4) is 0 Å². The van der Waals surface area contributed by atoms with E-state index in [2.05, 4.69) is 67.8 Å². The fraction of sp³-hybridized carbons (Fsp3) is 0.629. The van der Waals surface area contributed by atoms with E-state index in [1.165, 1.54) is 19.3 Å². The molecule has 44 heavy (non-hydrogen) atoms. The average Bonchev–Trinajstić information content (AvgIpc) is 2.95. The fourth-order valence-electron chi connectivity index (χ4n) is 3.76. The summed E-state index contributed by atoms with van der Waals surface area (Å²) in [6, 6.07) is -0.940. The molecule has 0 radical (unpaired) electrons. The molecule has 0 rings (SSSR count). The molecule has 3 atom stereocenters. The Balaban J connectivity index is 4.82. The quantitative estimate of drug-likeness (QED) is 0.0431. The van der Waals surface area contributed by atoms with Gasteiger partial charge in [0, 0.05) is 6.42 Å². The van der Waals surface area contributed by atoms with Crippen molar-refractivity contribution in [2.24, 2.45) is 0 Å². The second kappa shape index (κ2) is 27.3. The first-order valence-corrected chi connectivity index (χ1v) is 17.8. The Labute approximate surface area is 268 Å². The first kappa shape index (κ1) is 41.9. The van der Waals surface area contributed by atoms with Crippen LogP contribution in [0.2, 0.25) is 0 Å². The highest BCUT2D eigenvalue weighted by Crippen LogP contribution is 2.38. The number of quaternary nitrogens is 1. The molecule has 8 nitrogen and oxygen atoms in total. The summed E-state index contributed by atoms with van der Waals surface area (Å²) in [5.41, 5.74) is 0. The molecule has 3 unspecified atom stereocenters. The van der Waals surface area contributed by atoms with E-state index in [1.54, 1.807) is 6.08 Å². The second-order valence-electron chi connectivity index (χ2n) is 11.8. The number of allylic oxidation sites excluding steroid dienone is 11. The molecule has 0 fully saturated rings. The van der Waals surface area contributed by atoms with Crippen LogP contribution in [0.15, 0.2) is 72.9 Å². The number of nitrogens with one attached hydrogen (secondary N) is 1. The molecule has 0 heterocycles. The predicted molar refractivity (Wildman–Crippen MR) is 182 cm³/mol. The minimum Gasteiger partial charge on any atom is -0.756 e. The van der Waals surface area contributed by atoms with Crippen molar-refractivity contribution < 1.29 is 32.9 Å². The highest BCUT2D eigenvalue weighted by atomic mass is 31.2. The van der Waals surface area contributed by atoms with Crippen LogP contribution in [0.25, 0.3) is 0 Å². The Morgan fingerprint density at radius 2 is 1.39 bits per heavy atom. The summed E-state index contributed by atoms with van der Waals surface area (Å²) in [6.45, 7) is 4.33. The van der Waals surface area contributed by atoms with Gasteiger partial charge < -0.3 is 28.8 Å². The van der Waals surface area contributed by atoms with Crippen molar-refractivity contribution in [1.29, 1.82) is 0 Å². The molecule has 1 amide bonds. The summed E-state index contributed by atoms with van der Waals surface area (Å²) in [4.78, 5) is 24.9. The van der Waals surface area contributed by atoms with E-state index < -0.39 is 26.6 Å². The van der Waals surface area contributed by atoms with Crippen molar-refractivity contribution in [3.63, 3.8) is 0 Å². The van der Waals surface area contributed by atoms with Gasteiger partial charge in [-0.15, -0.1) is 0 Å². The SMILES string of the molecule is CC/C=C\C/C=C\C/C=C\C/C=C\CCC(=O)NC(COP(=O)([O-])OCC[N+](C)(C)C)C(O)/C=C/CC/C=C/CCCCC. The fourth-order valence-corrected chi connectivity index (χ4v) is 4.49. The number of amides is 1. The molecule has 0 spiro atoms. The molecule has 0 aromatic heterocycles. The number of carbonyl (C=O) groups excluding carboxylic acids is 1. The molecular formula is C35H61N2O6P. The summed E-state index contributed by atoms with van der Waals surface area (Å²) in [7, 11) is 1.18. The van der Waals surface area contributed by atoms with Crippen molar-refractivity contribution in [2.45, 2.75) is 103 Å². The molecule has 252 valence electrons. The lowest BCUT2D eigenvalue weighted by atomic mass is 10.1. The topological polar surface area (TPSA) is 108 Å². The van der Waals surface area contributed by atoms with Gasteiger partial charge in [-0.25, -0.2) is 0 Å². The monoisotopic (exact) mass is 636 g/mol. The molecule has 9 heteroatoms. The third-order valence-corrected chi connectivity index (χ3v) is 7.38. The standard InChI is InChI=1S/C35H61N2O6P/c1-6-8-10-12-14-16-17-18-19-21-23-25-27-29-35(39)36-33(32-43-44(40,41)42-31-30-37(3,4)5)34(38)28-26-24-22-20-15-13-11-9-7-2/h8,10,14-16,18-20,23,25-26,28,33-34,38H,6-7,9,11-13,17,21-22,24,27,29-32H2,1-5H3,(H-,36,39,40,41)/b10-8-,16-14-,19-18-,20-15+,25-23-,28-26+. The van der Waals surface area contributed by atoms with Gasteiger partial charge >= 0.3 is 0 Å². The Morgan fingerprint density at radius 3 is 2.00 bits per heavy atom. The van der Waals surface area contributed by atoms with E-state index in [1.807, 2.05) is 39.4 Å². The number of aliphatic hydroxyl groups is 1. The van der Waals surface area contributed by atoms with Crippen molar-refractivity contribution in [2.75, 3.05) is 40.9 Å². The Bertz CT molecular complexity index is 949. The number of hydrogen-bond acceptors (Lipinski definition) is 6. The number of carbonyl (C=O) groups is 1. The van der Waals surface area contributed by atoms with Crippen molar-refractivity contribution >= 4 is 13.7 Å². The van der Waals surface area contributed by atoms with E-state index >= 15 is 0 Å². The lowest BCUT2D eigenvalue weighted by molar-refractivity contribution is -0.870. The number of nitrogens with zero attached hydrogens (tertiary/aromatic N) is 1. The lowest BCUT2D eigenvalue weighted by Gasteiger charge is -2.29. The van der Waals surface area contributed by atoms with Crippen LogP contribution in [-0.4, -0.2) is 68.5 Å². The van der Waals surface area contributed by atoms with Crippen molar-refractivity contribution in [1.82, 2.24) is 5.32 Å². The van der Waals surface area contributed by atoms with Gasteiger partial charge in [0.05, 0.1) is 39.9 Å². The zero-order chi connectivity index (χ0) is 32.9. The number of hydrogen-bond donors (Lipinski definition) is 2. The number of aliphatic hydroxyl groups excluding tert-OH is 1. The van der Waals surface area contributed by atoms with Gasteiger partial charge in [0.2, 0.25) is 5.91 Å². The molecule has 0 aromatic carbocycles. The summed E-state index contributed by atoms with van der Waals surface area (Å²) in [5.74, 6) is -0.296. The Hall–Kier alpha value is -2.06. The highest BCUT2D eigenvalue weighted by molar-refractivity contribution is 7.45. The van der Waals surface area contributed by atoms with Crippen LogP contribution in [0.5, 0.6) is 0 Å². The van der Waals surface area contributed by atoms with Gasteiger partial charge in [0.15, 0.2) is 0 Å². The Kier molecular flexibility index (Phi) is 26.0. The second-order valence-corrected chi connectivity index (χ2v) is 13.2. The van der Waals surface area contributed by atoms with E-state index in [-0.39, 0.29) is 18.9 Å². The minimum absolute atomic E-state index is 0.0232. The van der Waals surface area contributed by atoms with Gasteiger partial charge in [0.1, 0.15) is 13.2 Å². The number of phosphoric ester groups is 1. The minimum atomic E-state index is -4.60. The number of phosphoric acid groups is 1. The molecular weight excluding hydrogens is 575 g/mol. The molecule has 0 aliphatic carbocycles. The van der Waals surface area contributed by atoms with Crippen molar-refractivity contribution in [3.8, 4) is 0 Å². The average molecular weight is 637 g/mol. The molecule has 0 saturated heterocycles. The van der Waals surface area contributed by atoms with Crippen LogP contribution >= 0.6 is 7.82 Å². The van der Waals surface area contributed by atoms with Crippen LogP contribution < -0.4 is 10.2 Å². The summed E-state index contributed by atoms with van der Waals surface area (Å²) in [5, 5.41) is 13.5. The van der Waals surface area contributed by atoms with E-state index in [0.717, 1.165) is 44.9 Å². The van der Waals surface area contributed by atoms with E-state index in [9.17, 15) is 19.4 Å². The molecule has 0 saturated carbocycles. The zero-order valence-electron chi connectivity index (χ0n) is 28.1.